The number of aliphatic hydroxyl groups excluding tert-OH is 3. The Kier molecular flexibility index (Phi) is 8.77. The standard InChI is InChI=1S/C35H49NO11/c1-17-20(46-29(41)26(39)24(19-12-10-9-11-13-19)36-30(42)47-31(3,4)5)15-35(44)18(2)27-33(8,21(37)14-22-34(27,43)16-45-22)28(40)25(38)23(17)32(35,6)7/h9-13,18,20-22,24-27,37-39,43-44H,14-16H2,1-8H3,(H,36,42)/t18?,20?,21?,22?,24?,25?,26?,27?,33-,34+,35?/m1/s1. The molecule has 5 rings (SSSR count). The quantitative estimate of drug-likeness (QED) is 0.200. The summed E-state index contributed by atoms with van der Waals surface area (Å²) in [6.45, 7) is 13.1. The summed E-state index contributed by atoms with van der Waals surface area (Å²) in [5.41, 5.74) is -6.20. The summed E-state index contributed by atoms with van der Waals surface area (Å²) in [5.74, 6) is -3.71. The van der Waals surface area contributed by atoms with E-state index < -0.39 is 93.9 Å². The van der Waals surface area contributed by atoms with Crippen LogP contribution in [0.3, 0.4) is 0 Å². The van der Waals surface area contributed by atoms with E-state index in [4.69, 9.17) is 14.2 Å². The molecule has 11 atom stereocenters. The van der Waals surface area contributed by atoms with E-state index in [-0.39, 0.29) is 25.0 Å². The number of alkyl carbamates (subject to hydrolysis) is 1. The van der Waals surface area contributed by atoms with E-state index in [9.17, 15) is 39.9 Å². The van der Waals surface area contributed by atoms with Crippen molar-refractivity contribution < 1.29 is 54.1 Å². The summed E-state index contributed by atoms with van der Waals surface area (Å²) in [7, 11) is 0. The number of hydrogen-bond acceptors (Lipinski definition) is 11. The van der Waals surface area contributed by atoms with Gasteiger partial charge < -0.3 is 45.1 Å². The number of fused-ring (bicyclic) bond motifs is 5. The Morgan fingerprint density at radius 1 is 1.09 bits per heavy atom. The fourth-order valence-electron chi connectivity index (χ4n) is 8.90. The first-order valence-corrected chi connectivity index (χ1v) is 16.2. The number of Topliss-reactive ketones (excluding diaryl/α,β-unsaturated/α-hetero) is 1. The molecule has 3 fully saturated rings. The van der Waals surface area contributed by atoms with Gasteiger partial charge in [0.05, 0.1) is 35.9 Å². The monoisotopic (exact) mass is 659 g/mol. The van der Waals surface area contributed by atoms with Gasteiger partial charge in [-0.1, -0.05) is 51.1 Å². The van der Waals surface area contributed by atoms with Crippen LogP contribution in [0.25, 0.3) is 0 Å². The number of nitrogens with one attached hydrogen (secondary N) is 1. The minimum Gasteiger partial charge on any atom is -0.456 e. The summed E-state index contributed by atoms with van der Waals surface area (Å²) in [6.07, 6.45) is -8.00. The second-order valence-electron chi connectivity index (χ2n) is 15.6. The van der Waals surface area contributed by atoms with Gasteiger partial charge in [0.2, 0.25) is 0 Å². The highest BCUT2D eigenvalue weighted by Crippen LogP contribution is 2.64. The van der Waals surface area contributed by atoms with Gasteiger partial charge in [-0.3, -0.25) is 4.79 Å². The van der Waals surface area contributed by atoms with Crippen molar-refractivity contribution in [2.24, 2.45) is 22.7 Å². The highest BCUT2D eigenvalue weighted by atomic mass is 16.6. The zero-order valence-electron chi connectivity index (χ0n) is 28.3. The van der Waals surface area contributed by atoms with Gasteiger partial charge in [-0.15, -0.1) is 0 Å². The smallest absolute Gasteiger partial charge is 0.408 e. The highest BCUT2D eigenvalue weighted by molar-refractivity contribution is 5.93. The SMILES string of the molecule is CC1=C2C(O)C(=O)[C@]3(C)C(O)CC4OC[C@@]4(O)C3C(C)C(O)(CC1OC(=O)C(O)C(NC(=O)OC(C)(C)C)c1ccccc1)C2(C)C. The molecule has 260 valence electrons. The van der Waals surface area contributed by atoms with Gasteiger partial charge in [-0.2, -0.15) is 0 Å². The Hall–Kier alpha value is -2.87. The molecule has 2 saturated carbocycles. The van der Waals surface area contributed by atoms with Crippen LogP contribution in [0.5, 0.6) is 0 Å². The maximum Gasteiger partial charge on any atom is 0.408 e. The maximum absolute atomic E-state index is 14.3. The van der Waals surface area contributed by atoms with Crippen molar-refractivity contribution in [3.8, 4) is 0 Å². The van der Waals surface area contributed by atoms with E-state index in [1.165, 1.54) is 6.92 Å². The van der Waals surface area contributed by atoms with Gasteiger partial charge in [0.15, 0.2) is 11.9 Å². The van der Waals surface area contributed by atoms with Crippen LogP contribution in [-0.4, -0.2) is 97.3 Å². The number of benzene rings is 1. The summed E-state index contributed by atoms with van der Waals surface area (Å²) in [5, 5.41) is 61.6. The lowest BCUT2D eigenvalue weighted by molar-refractivity contribution is -0.335. The molecular formula is C35H49NO11. The molecule has 1 aromatic rings. The molecule has 1 heterocycles. The first kappa shape index (κ1) is 35.4. The largest absolute Gasteiger partial charge is 0.456 e. The maximum atomic E-state index is 14.3. The Labute approximate surface area is 275 Å². The van der Waals surface area contributed by atoms with Crippen molar-refractivity contribution in [3.05, 3.63) is 47.0 Å². The first-order valence-electron chi connectivity index (χ1n) is 16.2. The van der Waals surface area contributed by atoms with Crippen LogP contribution in [0, 0.1) is 22.7 Å². The molecule has 2 bridgehead atoms. The van der Waals surface area contributed by atoms with Crippen molar-refractivity contribution >= 4 is 17.8 Å². The van der Waals surface area contributed by atoms with Crippen LogP contribution < -0.4 is 5.32 Å². The molecule has 0 aromatic heterocycles. The van der Waals surface area contributed by atoms with Gasteiger partial charge >= 0.3 is 12.1 Å². The van der Waals surface area contributed by atoms with E-state index in [0.29, 0.717) is 11.1 Å². The number of carbonyl (C=O) groups is 3. The fraction of sp³-hybridized carbons (Fsp3) is 0.686. The number of rotatable bonds is 5. The Balaban J connectivity index is 1.53. The predicted octanol–water partition coefficient (Wildman–Crippen LogP) is 2.10. The number of amides is 1. The summed E-state index contributed by atoms with van der Waals surface area (Å²) in [4.78, 5) is 40.7. The second-order valence-corrected chi connectivity index (χ2v) is 15.6. The molecule has 3 aliphatic carbocycles. The lowest BCUT2D eigenvalue weighted by atomic mass is 9.43. The number of hydrogen-bond donors (Lipinski definition) is 6. The summed E-state index contributed by atoms with van der Waals surface area (Å²) < 4.78 is 16.8. The summed E-state index contributed by atoms with van der Waals surface area (Å²) in [6, 6.07) is 7.08. The predicted molar refractivity (Wildman–Crippen MR) is 168 cm³/mol. The van der Waals surface area contributed by atoms with E-state index in [2.05, 4.69) is 5.32 Å². The van der Waals surface area contributed by atoms with Crippen LogP contribution in [0.1, 0.15) is 79.8 Å². The van der Waals surface area contributed by atoms with Crippen molar-refractivity contribution in [3.63, 3.8) is 0 Å². The molecule has 12 heteroatoms. The Morgan fingerprint density at radius 3 is 2.26 bits per heavy atom. The molecule has 0 radical (unpaired) electrons. The minimum atomic E-state index is -1.91. The number of esters is 1. The number of aliphatic hydroxyl groups is 5. The highest BCUT2D eigenvalue weighted by Gasteiger charge is 2.74. The molecule has 4 aliphatic rings. The number of ether oxygens (including phenoxy) is 3. The topological polar surface area (TPSA) is 192 Å². The molecule has 6 N–H and O–H groups in total. The van der Waals surface area contributed by atoms with E-state index in [0.717, 1.165) is 0 Å². The lowest BCUT2D eigenvalue weighted by Gasteiger charge is -2.67. The average Bonchev–Trinajstić information content (AvgIpc) is 2.98. The molecule has 1 amide bonds. The fourth-order valence-corrected chi connectivity index (χ4v) is 8.90. The lowest BCUT2D eigenvalue weighted by Crippen LogP contribution is -2.78. The molecular weight excluding hydrogens is 610 g/mol. The third kappa shape index (κ3) is 5.41. The zero-order chi connectivity index (χ0) is 35.1. The number of ketones is 1. The third-order valence-corrected chi connectivity index (χ3v) is 11.5. The van der Waals surface area contributed by atoms with Crippen molar-refractivity contribution in [2.45, 2.75) is 122 Å². The van der Waals surface area contributed by atoms with Crippen molar-refractivity contribution in [1.29, 1.82) is 0 Å². The van der Waals surface area contributed by atoms with Crippen molar-refractivity contribution in [2.75, 3.05) is 6.61 Å². The normalized spacial score (nSPS) is 39.2. The van der Waals surface area contributed by atoms with Crippen LogP contribution in [0.4, 0.5) is 4.79 Å². The molecule has 1 saturated heterocycles. The molecule has 1 aliphatic heterocycles. The minimum absolute atomic E-state index is 0.00737. The van der Waals surface area contributed by atoms with Crippen LogP contribution in [-0.2, 0) is 23.8 Å². The summed E-state index contributed by atoms with van der Waals surface area (Å²) >= 11 is 0. The molecule has 0 spiro atoms. The van der Waals surface area contributed by atoms with E-state index >= 15 is 0 Å². The molecule has 12 nitrogen and oxygen atoms in total. The molecule has 9 unspecified atom stereocenters. The van der Waals surface area contributed by atoms with Gasteiger partial charge in [-0.25, -0.2) is 9.59 Å². The zero-order valence-corrected chi connectivity index (χ0v) is 28.3. The van der Waals surface area contributed by atoms with Gasteiger partial charge in [0.25, 0.3) is 0 Å². The van der Waals surface area contributed by atoms with E-state index in [1.54, 1.807) is 78.8 Å². The Morgan fingerprint density at radius 2 is 1.70 bits per heavy atom. The molecule has 47 heavy (non-hydrogen) atoms. The Bertz CT molecular complexity index is 1450. The van der Waals surface area contributed by atoms with E-state index in [1.807, 2.05) is 0 Å². The van der Waals surface area contributed by atoms with Crippen molar-refractivity contribution in [1.82, 2.24) is 5.32 Å². The van der Waals surface area contributed by atoms with Crippen LogP contribution >= 0.6 is 0 Å². The second kappa shape index (κ2) is 11.6. The molecule has 1 aromatic carbocycles. The van der Waals surface area contributed by atoms with Crippen LogP contribution in [0.2, 0.25) is 0 Å². The van der Waals surface area contributed by atoms with Gasteiger partial charge in [-0.05, 0) is 57.2 Å². The first-order chi connectivity index (χ1) is 21.6. The van der Waals surface area contributed by atoms with Gasteiger partial charge in [0, 0.05) is 24.2 Å². The third-order valence-electron chi connectivity index (χ3n) is 11.5. The van der Waals surface area contributed by atoms with Crippen LogP contribution in [0.15, 0.2) is 41.5 Å². The van der Waals surface area contributed by atoms with Gasteiger partial charge in [0.1, 0.15) is 23.4 Å². The average molecular weight is 660 g/mol. The number of carbonyl (C=O) groups excluding carboxylic acids is 3.